The van der Waals surface area contributed by atoms with Gasteiger partial charge in [-0.25, -0.2) is 15.0 Å². The Hall–Kier alpha value is -1.77. The largest absolute Gasteiger partial charge is 0.301 e. The first kappa shape index (κ1) is 17.1. The minimum absolute atomic E-state index is 0.106. The fourth-order valence-electron chi connectivity index (χ4n) is 2.06. The smallest absolute Gasteiger partial charge is 0.236 e. The molecule has 0 aliphatic carbocycles. The van der Waals surface area contributed by atoms with Crippen LogP contribution in [0.5, 0.6) is 0 Å². The van der Waals surface area contributed by atoms with Crippen molar-refractivity contribution in [2.45, 2.75) is 25.9 Å². The number of carbonyl (C=O) groups is 1. The zero-order valence-electron chi connectivity index (χ0n) is 13.5. The van der Waals surface area contributed by atoms with Crippen LogP contribution in [0.2, 0.25) is 0 Å². The topological polar surface area (TPSA) is 67.8 Å². The molecule has 0 saturated heterocycles. The van der Waals surface area contributed by atoms with E-state index in [2.05, 4.69) is 33.3 Å². The number of thioether (sulfide) groups is 1. The van der Waals surface area contributed by atoms with Gasteiger partial charge in [-0.05, 0) is 39.0 Å². The van der Waals surface area contributed by atoms with E-state index >= 15 is 0 Å². The summed E-state index contributed by atoms with van der Waals surface area (Å²) in [6.07, 6.45) is 0. The van der Waals surface area contributed by atoms with Crippen LogP contribution in [0.3, 0.4) is 0 Å². The molecule has 5 nitrogen and oxygen atoms in total. The molecule has 124 valence electrons. The molecule has 0 unspecified atom stereocenters. The van der Waals surface area contributed by atoms with Crippen LogP contribution in [0.4, 0.5) is 5.13 Å². The molecule has 0 aliphatic rings. The molecule has 3 heterocycles. The van der Waals surface area contributed by atoms with Crippen molar-refractivity contribution in [3.8, 4) is 10.6 Å². The molecule has 24 heavy (non-hydrogen) atoms. The normalized spacial score (nSPS) is 10.8. The molecule has 0 bridgehead atoms. The Kier molecular flexibility index (Phi) is 5.27. The number of rotatable bonds is 5. The van der Waals surface area contributed by atoms with E-state index < -0.39 is 0 Å². The SMILES string of the molecule is Cc1cc(C)nc(SCC(=O)Nc2nc(-c3ccc(C)s3)cs2)n1. The highest BCUT2D eigenvalue weighted by Crippen LogP contribution is 2.30. The maximum Gasteiger partial charge on any atom is 0.236 e. The van der Waals surface area contributed by atoms with Gasteiger partial charge in [-0.15, -0.1) is 22.7 Å². The van der Waals surface area contributed by atoms with E-state index in [-0.39, 0.29) is 11.7 Å². The van der Waals surface area contributed by atoms with E-state index in [4.69, 9.17) is 0 Å². The molecule has 0 radical (unpaired) electrons. The number of nitrogens with one attached hydrogen (secondary N) is 1. The molecule has 3 aromatic heterocycles. The quantitative estimate of drug-likeness (QED) is 0.531. The van der Waals surface area contributed by atoms with Gasteiger partial charge in [0.15, 0.2) is 10.3 Å². The summed E-state index contributed by atoms with van der Waals surface area (Å²) in [6, 6.07) is 6.03. The number of hydrogen-bond donors (Lipinski definition) is 1. The second-order valence-electron chi connectivity index (χ2n) is 5.22. The summed E-state index contributed by atoms with van der Waals surface area (Å²) in [4.78, 5) is 27.6. The van der Waals surface area contributed by atoms with Gasteiger partial charge in [-0.1, -0.05) is 11.8 Å². The minimum Gasteiger partial charge on any atom is -0.301 e. The molecule has 0 aromatic carbocycles. The van der Waals surface area contributed by atoms with E-state index in [0.29, 0.717) is 10.3 Å². The van der Waals surface area contributed by atoms with Crippen LogP contribution in [0.1, 0.15) is 16.3 Å². The Morgan fingerprint density at radius 2 is 1.92 bits per heavy atom. The lowest BCUT2D eigenvalue weighted by molar-refractivity contribution is -0.113. The maximum atomic E-state index is 12.1. The predicted octanol–water partition coefficient (Wildman–Crippen LogP) is 4.32. The number of thiophene rings is 1. The molecule has 1 amide bonds. The molecule has 3 aromatic rings. The zero-order valence-corrected chi connectivity index (χ0v) is 15.9. The monoisotopic (exact) mass is 376 g/mol. The van der Waals surface area contributed by atoms with Gasteiger partial charge in [-0.2, -0.15) is 0 Å². The molecule has 8 heteroatoms. The fourth-order valence-corrected chi connectivity index (χ4v) is 4.44. The Balaban J connectivity index is 1.58. The molecular weight excluding hydrogens is 360 g/mol. The van der Waals surface area contributed by atoms with Crippen LogP contribution in [0.15, 0.2) is 28.7 Å². The zero-order chi connectivity index (χ0) is 17.1. The Morgan fingerprint density at radius 1 is 1.17 bits per heavy atom. The van der Waals surface area contributed by atoms with Crippen molar-refractivity contribution in [1.82, 2.24) is 15.0 Å². The molecule has 0 atom stereocenters. The molecule has 0 saturated carbocycles. The molecule has 0 spiro atoms. The van der Waals surface area contributed by atoms with Crippen LogP contribution in [-0.4, -0.2) is 26.6 Å². The standard InChI is InChI=1S/C16H16N4OS3/c1-9-6-10(2)18-15(17-9)23-8-14(21)20-16-19-12(7-22-16)13-5-4-11(3)24-13/h4-7H,8H2,1-3H3,(H,19,20,21). The highest BCUT2D eigenvalue weighted by Gasteiger charge is 2.11. The number of carbonyl (C=O) groups excluding carboxylic acids is 1. The van der Waals surface area contributed by atoms with Crippen molar-refractivity contribution < 1.29 is 4.79 Å². The number of aromatic nitrogens is 3. The van der Waals surface area contributed by atoms with Crippen molar-refractivity contribution in [2.75, 3.05) is 11.1 Å². The first-order valence-electron chi connectivity index (χ1n) is 7.27. The van der Waals surface area contributed by atoms with Gasteiger partial charge in [0, 0.05) is 21.6 Å². The predicted molar refractivity (Wildman–Crippen MR) is 101 cm³/mol. The highest BCUT2D eigenvalue weighted by atomic mass is 32.2. The van der Waals surface area contributed by atoms with Gasteiger partial charge >= 0.3 is 0 Å². The van der Waals surface area contributed by atoms with E-state index in [9.17, 15) is 4.79 Å². The Morgan fingerprint density at radius 3 is 2.58 bits per heavy atom. The van der Waals surface area contributed by atoms with Crippen molar-refractivity contribution in [3.05, 3.63) is 39.8 Å². The summed E-state index contributed by atoms with van der Waals surface area (Å²) in [5, 5.41) is 6.03. The third-order valence-corrected chi connectivity index (χ3v) is 5.67. The summed E-state index contributed by atoms with van der Waals surface area (Å²) < 4.78 is 0. The number of nitrogens with zero attached hydrogens (tertiary/aromatic N) is 3. The minimum atomic E-state index is -0.106. The lowest BCUT2D eigenvalue weighted by Crippen LogP contribution is -2.14. The van der Waals surface area contributed by atoms with Gasteiger partial charge in [-0.3, -0.25) is 4.79 Å². The summed E-state index contributed by atoms with van der Waals surface area (Å²) >= 11 is 4.45. The maximum absolute atomic E-state index is 12.1. The summed E-state index contributed by atoms with van der Waals surface area (Å²) in [5.74, 6) is 0.154. The molecule has 0 aliphatic heterocycles. The lowest BCUT2D eigenvalue weighted by atomic mass is 10.4. The third kappa shape index (κ3) is 4.40. The van der Waals surface area contributed by atoms with E-state index in [0.717, 1.165) is 22.0 Å². The van der Waals surface area contributed by atoms with E-state index in [1.165, 1.54) is 28.0 Å². The number of hydrogen-bond acceptors (Lipinski definition) is 7. The van der Waals surface area contributed by atoms with Crippen molar-refractivity contribution in [1.29, 1.82) is 0 Å². The Bertz CT molecular complexity index is 852. The van der Waals surface area contributed by atoms with Gasteiger partial charge < -0.3 is 5.32 Å². The van der Waals surface area contributed by atoms with Crippen molar-refractivity contribution in [3.63, 3.8) is 0 Å². The second kappa shape index (κ2) is 7.42. The third-order valence-electron chi connectivity index (χ3n) is 3.04. The van der Waals surface area contributed by atoms with Crippen LogP contribution >= 0.6 is 34.4 Å². The van der Waals surface area contributed by atoms with Gasteiger partial charge in [0.1, 0.15) is 0 Å². The Labute approximate surface area is 152 Å². The first-order valence-corrected chi connectivity index (χ1v) is 9.95. The number of thiazole rings is 1. The summed E-state index contributed by atoms with van der Waals surface area (Å²) in [5.41, 5.74) is 2.71. The average Bonchev–Trinajstić information content (AvgIpc) is 3.13. The molecule has 3 rings (SSSR count). The number of anilines is 1. The lowest BCUT2D eigenvalue weighted by Gasteiger charge is -2.03. The summed E-state index contributed by atoms with van der Waals surface area (Å²) in [7, 11) is 0. The molecule has 0 fully saturated rings. The van der Waals surface area contributed by atoms with E-state index in [1.54, 1.807) is 11.3 Å². The highest BCUT2D eigenvalue weighted by molar-refractivity contribution is 7.99. The first-order chi connectivity index (χ1) is 11.5. The van der Waals surface area contributed by atoms with Crippen molar-refractivity contribution in [2.24, 2.45) is 0 Å². The van der Waals surface area contributed by atoms with Gasteiger partial charge in [0.05, 0.1) is 16.3 Å². The van der Waals surface area contributed by atoms with Gasteiger partial charge in [0.2, 0.25) is 5.91 Å². The van der Waals surface area contributed by atoms with Crippen LogP contribution in [0.25, 0.3) is 10.6 Å². The molecular formula is C16H16N4OS3. The van der Waals surface area contributed by atoms with Crippen LogP contribution < -0.4 is 5.32 Å². The average molecular weight is 377 g/mol. The van der Waals surface area contributed by atoms with Crippen LogP contribution in [-0.2, 0) is 4.79 Å². The fraction of sp³-hybridized carbons (Fsp3) is 0.250. The van der Waals surface area contributed by atoms with E-state index in [1.807, 2.05) is 31.4 Å². The summed E-state index contributed by atoms with van der Waals surface area (Å²) in [6.45, 7) is 5.90. The van der Waals surface area contributed by atoms with Gasteiger partial charge in [0.25, 0.3) is 0 Å². The van der Waals surface area contributed by atoms with Crippen molar-refractivity contribution >= 4 is 45.5 Å². The van der Waals surface area contributed by atoms with Crippen LogP contribution in [0, 0.1) is 20.8 Å². The number of aryl methyl sites for hydroxylation is 3. The second-order valence-corrected chi connectivity index (χ2v) is 8.31. The molecule has 1 N–H and O–H groups in total. The number of amides is 1.